The molecule has 6 rings (SSSR count). The number of nitrogens with one attached hydrogen (secondary N) is 4. The molecule has 0 radical (unpaired) electrons. The summed E-state index contributed by atoms with van der Waals surface area (Å²) >= 11 is 0. The number of rotatable bonds is 17. The van der Waals surface area contributed by atoms with Crippen molar-refractivity contribution in [1.29, 1.82) is 0 Å². The lowest BCUT2D eigenvalue weighted by atomic mass is 10.0. The fraction of sp³-hybridized carbons (Fsp3) is 0.564. The second kappa shape index (κ2) is 17.7. The quantitative estimate of drug-likeness (QED) is 0.0843. The number of ether oxygens (including phenoxy) is 1. The van der Waals surface area contributed by atoms with Crippen molar-refractivity contribution < 1.29 is 23.9 Å². The standard InChI is InChI=1S/C39H53N9O6/c1-25(2)41-38(52)54-29-14-13-28(21-29)30-22-34(45-44-30)42-36(50)20-27-23-40-47(24-27)18-10-8-6-4-5-7-9-11-26-12-15-31-33(19-26)46(3)39(53)48(31)32-16-17-35(49)43-37(32)51/h12,15,19,22-25,28-29,32H,4-11,13-14,16-18,20-21H2,1-3H3,(H,41,52)(H,43,49,51)(H2,42,44,45,50)/t28-,29+,32?/m0/s1. The van der Waals surface area contributed by atoms with E-state index in [2.05, 4.69) is 31.2 Å². The van der Waals surface area contributed by atoms with E-state index in [4.69, 9.17) is 4.74 Å². The number of imidazole rings is 1. The Morgan fingerprint density at radius 1 is 0.963 bits per heavy atom. The largest absolute Gasteiger partial charge is 0.446 e. The molecule has 4 aromatic rings. The summed E-state index contributed by atoms with van der Waals surface area (Å²) in [6.07, 6.45) is 15.1. The van der Waals surface area contributed by atoms with Crippen LogP contribution in [-0.2, 0) is 45.6 Å². The Morgan fingerprint density at radius 2 is 1.74 bits per heavy atom. The number of carbonyl (C=O) groups excluding carboxylic acids is 4. The van der Waals surface area contributed by atoms with Crippen LogP contribution in [0.4, 0.5) is 10.6 Å². The van der Waals surface area contributed by atoms with Gasteiger partial charge in [-0.2, -0.15) is 10.2 Å². The van der Waals surface area contributed by atoms with E-state index in [9.17, 15) is 24.0 Å². The van der Waals surface area contributed by atoms with E-state index in [1.54, 1.807) is 17.8 Å². The van der Waals surface area contributed by atoms with Crippen molar-refractivity contribution in [1.82, 2.24) is 39.7 Å². The molecule has 2 aliphatic rings. The predicted molar refractivity (Wildman–Crippen MR) is 203 cm³/mol. The predicted octanol–water partition coefficient (Wildman–Crippen LogP) is 5.16. The first-order chi connectivity index (χ1) is 26.0. The Balaban J connectivity index is 0.836. The monoisotopic (exact) mass is 743 g/mol. The highest BCUT2D eigenvalue weighted by atomic mass is 16.6. The highest BCUT2D eigenvalue weighted by Gasteiger charge is 2.32. The van der Waals surface area contributed by atoms with Crippen LogP contribution < -0.4 is 21.6 Å². The number of alkyl carbamates (subject to hydrolysis) is 1. The number of aryl methyl sites for hydroxylation is 3. The number of carbonyl (C=O) groups is 4. The number of benzene rings is 1. The van der Waals surface area contributed by atoms with Crippen molar-refractivity contribution in [3.8, 4) is 0 Å². The minimum Gasteiger partial charge on any atom is -0.446 e. The summed E-state index contributed by atoms with van der Waals surface area (Å²) < 4.78 is 10.5. The maximum atomic E-state index is 13.0. The molecule has 4 heterocycles. The van der Waals surface area contributed by atoms with E-state index < -0.39 is 11.9 Å². The van der Waals surface area contributed by atoms with Gasteiger partial charge in [0, 0.05) is 44.2 Å². The third kappa shape index (κ3) is 9.85. The topological polar surface area (TPSA) is 187 Å². The zero-order valence-electron chi connectivity index (χ0n) is 31.6. The zero-order chi connectivity index (χ0) is 38.2. The molecule has 15 heteroatoms. The van der Waals surface area contributed by atoms with Gasteiger partial charge in [0.1, 0.15) is 18.0 Å². The second-order valence-corrected chi connectivity index (χ2v) is 15.1. The van der Waals surface area contributed by atoms with Crippen molar-refractivity contribution >= 4 is 40.7 Å². The van der Waals surface area contributed by atoms with Gasteiger partial charge in [-0.05, 0) is 82.1 Å². The van der Waals surface area contributed by atoms with E-state index >= 15 is 0 Å². The first-order valence-electron chi connectivity index (χ1n) is 19.4. The van der Waals surface area contributed by atoms with Gasteiger partial charge in [-0.15, -0.1) is 0 Å². The van der Waals surface area contributed by atoms with Crippen LogP contribution in [-0.4, -0.2) is 65.1 Å². The highest BCUT2D eigenvalue weighted by Crippen LogP contribution is 2.36. The summed E-state index contributed by atoms with van der Waals surface area (Å²) in [5.41, 5.74) is 4.16. The molecule has 3 aromatic heterocycles. The molecule has 1 saturated carbocycles. The number of piperidine rings is 1. The van der Waals surface area contributed by atoms with Crippen molar-refractivity contribution in [2.75, 3.05) is 5.32 Å². The minimum atomic E-state index is -0.671. The number of anilines is 1. The molecular formula is C39H53N9O6. The number of hydrogen-bond donors (Lipinski definition) is 4. The maximum absolute atomic E-state index is 13.0. The summed E-state index contributed by atoms with van der Waals surface area (Å²) in [5, 5.41) is 19.8. The maximum Gasteiger partial charge on any atom is 0.407 e. The van der Waals surface area contributed by atoms with Crippen molar-refractivity contribution in [3.05, 3.63) is 64.0 Å². The van der Waals surface area contributed by atoms with Gasteiger partial charge in [-0.3, -0.25) is 38.6 Å². The lowest BCUT2D eigenvalue weighted by molar-refractivity contribution is -0.135. The number of nitrogens with zero attached hydrogens (tertiary/aromatic N) is 5. The fourth-order valence-corrected chi connectivity index (χ4v) is 7.63. The molecule has 0 bridgehead atoms. The number of amides is 4. The van der Waals surface area contributed by atoms with Crippen LogP contribution in [0.2, 0.25) is 0 Å². The smallest absolute Gasteiger partial charge is 0.407 e. The van der Waals surface area contributed by atoms with E-state index in [0.717, 1.165) is 81.1 Å². The molecule has 54 heavy (non-hydrogen) atoms. The molecule has 0 spiro atoms. The van der Waals surface area contributed by atoms with Gasteiger partial charge in [-0.1, -0.05) is 38.2 Å². The number of H-pyrrole nitrogens is 1. The molecule has 2 fully saturated rings. The van der Waals surface area contributed by atoms with Gasteiger partial charge >= 0.3 is 11.8 Å². The second-order valence-electron chi connectivity index (χ2n) is 15.1. The molecule has 1 unspecified atom stereocenters. The summed E-state index contributed by atoms with van der Waals surface area (Å²) in [4.78, 5) is 61.7. The Hall–Kier alpha value is -5.21. The number of imide groups is 1. The first kappa shape index (κ1) is 38.5. The summed E-state index contributed by atoms with van der Waals surface area (Å²) in [7, 11) is 1.72. The average Bonchev–Trinajstić information content (AvgIpc) is 3.93. The molecule has 1 aliphatic carbocycles. The molecule has 15 nitrogen and oxygen atoms in total. The zero-order valence-corrected chi connectivity index (χ0v) is 31.6. The first-order valence-corrected chi connectivity index (χ1v) is 19.4. The van der Waals surface area contributed by atoms with Crippen LogP contribution in [0.25, 0.3) is 11.0 Å². The van der Waals surface area contributed by atoms with E-state index in [0.29, 0.717) is 24.2 Å². The summed E-state index contributed by atoms with van der Waals surface area (Å²) in [6.45, 7) is 4.60. The molecule has 3 atom stereocenters. The molecule has 4 amide bonds. The molecular weight excluding hydrogens is 690 g/mol. The lowest BCUT2D eigenvalue weighted by Crippen LogP contribution is -2.44. The minimum absolute atomic E-state index is 0.0289. The van der Waals surface area contributed by atoms with Crippen molar-refractivity contribution in [2.24, 2.45) is 7.05 Å². The van der Waals surface area contributed by atoms with Gasteiger partial charge in [0.25, 0.3) is 0 Å². The van der Waals surface area contributed by atoms with Gasteiger partial charge in [0.05, 0.1) is 29.3 Å². The van der Waals surface area contributed by atoms with Crippen LogP contribution in [0, 0.1) is 0 Å². The van der Waals surface area contributed by atoms with E-state index in [1.165, 1.54) is 16.6 Å². The lowest BCUT2D eigenvalue weighted by Gasteiger charge is -2.21. The van der Waals surface area contributed by atoms with Crippen molar-refractivity contribution in [3.63, 3.8) is 0 Å². The third-order valence-electron chi connectivity index (χ3n) is 10.4. The van der Waals surface area contributed by atoms with E-state index in [-0.39, 0.29) is 54.5 Å². The number of aromatic amines is 1. The number of hydrogen-bond acceptors (Lipinski definition) is 8. The summed E-state index contributed by atoms with van der Waals surface area (Å²) in [6, 6.07) is 7.22. The fourth-order valence-electron chi connectivity index (χ4n) is 7.63. The molecule has 1 aliphatic heterocycles. The highest BCUT2D eigenvalue weighted by molar-refractivity contribution is 6.00. The van der Waals surface area contributed by atoms with Gasteiger partial charge in [-0.25, -0.2) is 9.59 Å². The van der Waals surface area contributed by atoms with Crippen LogP contribution >= 0.6 is 0 Å². The van der Waals surface area contributed by atoms with Crippen molar-refractivity contribution in [2.45, 2.75) is 134 Å². The van der Waals surface area contributed by atoms with Crippen LogP contribution in [0.15, 0.2) is 41.5 Å². The number of aromatic nitrogens is 6. The Labute approximate surface area is 314 Å². The van der Waals surface area contributed by atoms with Gasteiger partial charge < -0.3 is 15.4 Å². The molecule has 1 saturated heterocycles. The third-order valence-corrected chi connectivity index (χ3v) is 10.4. The Morgan fingerprint density at radius 3 is 2.52 bits per heavy atom. The van der Waals surface area contributed by atoms with E-state index in [1.807, 2.05) is 49.0 Å². The Bertz CT molecular complexity index is 2010. The number of fused-ring (bicyclic) bond motifs is 1. The van der Waals surface area contributed by atoms with Crippen LogP contribution in [0.3, 0.4) is 0 Å². The van der Waals surface area contributed by atoms with Gasteiger partial charge in [0.15, 0.2) is 0 Å². The Kier molecular flexibility index (Phi) is 12.7. The summed E-state index contributed by atoms with van der Waals surface area (Å²) in [5.74, 6) is -0.132. The number of unbranched alkanes of at least 4 members (excludes halogenated alkanes) is 6. The van der Waals surface area contributed by atoms with Gasteiger partial charge in [0.2, 0.25) is 17.7 Å². The molecule has 4 N–H and O–H groups in total. The van der Waals surface area contributed by atoms with Crippen LogP contribution in [0.1, 0.15) is 120 Å². The van der Waals surface area contributed by atoms with Crippen LogP contribution in [0.5, 0.6) is 0 Å². The normalized spacial score (nSPS) is 18.7. The average molecular weight is 744 g/mol. The molecule has 1 aromatic carbocycles. The SMILES string of the molecule is CC(C)NC(=O)O[C@@H]1CC[C@H](c2cc(NC(=O)Cc3cnn(CCCCCCCCCc4ccc5c(c4)n(C)c(=O)n5C4CCC(=O)NC4=O)c3)[nH]n2)C1. The molecule has 290 valence electrons.